The molecule has 0 unspecified atom stereocenters. The van der Waals surface area contributed by atoms with Crippen LogP contribution in [0.15, 0.2) is 67.1 Å². The number of nitrogens with zero attached hydrogens (tertiary/aromatic N) is 7. The SMILES string of the molecule is CCN1CCN(Cc2ccccc2CNC(=O)c2cccc(NCc3nnc(-c4ccncn4)n3C)c2)CC1. The number of amides is 1. The Morgan fingerprint density at radius 3 is 2.49 bits per heavy atom. The van der Waals surface area contributed by atoms with Crippen LogP contribution in [-0.4, -0.2) is 73.2 Å². The highest BCUT2D eigenvalue weighted by Gasteiger charge is 2.17. The number of hydrogen-bond donors (Lipinski definition) is 2. The topological polar surface area (TPSA) is 104 Å². The lowest BCUT2D eigenvalue weighted by Crippen LogP contribution is -2.45. The van der Waals surface area contributed by atoms with E-state index in [1.165, 1.54) is 11.9 Å². The Kier molecular flexibility index (Phi) is 8.55. The quantitative estimate of drug-likeness (QED) is 0.326. The standard InChI is InChI=1S/C29H35N9O/c1-3-37-13-15-38(16-14-37)20-24-8-5-4-7-23(24)18-32-29(39)22-9-6-10-25(17-22)31-19-27-34-35-28(36(27)2)26-11-12-30-21-33-26/h4-12,17,21,31H,3,13-16,18-20H2,1-2H3,(H,32,39). The van der Waals surface area contributed by atoms with Gasteiger partial charge < -0.3 is 20.1 Å². The summed E-state index contributed by atoms with van der Waals surface area (Å²) >= 11 is 0. The first-order valence-electron chi connectivity index (χ1n) is 13.4. The van der Waals surface area contributed by atoms with Crippen LogP contribution in [-0.2, 0) is 26.7 Å². The summed E-state index contributed by atoms with van der Waals surface area (Å²) in [6, 6.07) is 17.7. The Hall–Kier alpha value is -4.15. The van der Waals surface area contributed by atoms with E-state index in [4.69, 9.17) is 0 Å². The van der Waals surface area contributed by atoms with Gasteiger partial charge in [-0.1, -0.05) is 37.3 Å². The lowest BCUT2D eigenvalue weighted by atomic mass is 10.1. The molecule has 39 heavy (non-hydrogen) atoms. The van der Waals surface area contributed by atoms with Gasteiger partial charge in [-0.05, 0) is 41.9 Å². The van der Waals surface area contributed by atoms with Crippen molar-refractivity contribution in [2.24, 2.45) is 7.05 Å². The summed E-state index contributed by atoms with van der Waals surface area (Å²) in [4.78, 5) is 26.2. The number of likely N-dealkylation sites (N-methyl/N-ethyl adjacent to an activating group) is 1. The van der Waals surface area contributed by atoms with Gasteiger partial charge in [-0.15, -0.1) is 10.2 Å². The molecular formula is C29H35N9O. The van der Waals surface area contributed by atoms with E-state index in [9.17, 15) is 4.79 Å². The number of nitrogens with one attached hydrogen (secondary N) is 2. The van der Waals surface area contributed by atoms with Gasteiger partial charge in [-0.2, -0.15) is 0 Å². The Bertz CT molecular complexity index is 1380. The summed E-state index contributed by atoms with van der Waals surface area (Å²) in [7, 11) is 1.90. The first kappa shape index (κ1) is 26.5. The van der Waals surface area contributed by atoms with E-state index in [0.717, 1.165) is 56.3 Å². The maximum atomic E-state index is 13.0. The van der Waals surface area contributed by atoms with Gasteiger partial charge in [0.1, 0.15) is 12.0 Å². The third-order valence-corrected chi connectivity index (χ3v) is 7.22. The Balaban J connectivity index is 1.17. The van der Waals surface area contributed by atoms with Crippen molar-refractivity contribution in [1.29, 1.82) is 0 Å². The van der Waals surface area contributed by atoms with Crippen molar-refractivity contribution < 1.29 is 4.79 Å². The van der Waals surface area contributed by atoms with Gasteiger partial charge in [0, 0.05) is 63.8 Å². The van der Waals surface area contributed by atoms with E-state index in [0.29, 0.717) is 30.2 Å². The predicted octanol–water partition coefficient (Wildman–Crippen LogP) is 2.95. The Morgan fingerprint density at radius 1 is 0.923 bits per heavy atom. The Labute approximate surface area is 229 Å². The second kappa shape index (κ2) is 12.6. The summed E-state index contributed by atoms with van der Waals surface area (Å²) in [6.07, 6.45) is 3.17. The third kappa shape index (κ3) is 6.65. The zero-order chi connectivity index (χ0) is 27.0. The lowest BCUT2D eigenvalue weighted by molar-refractivity contribution is 0.0950. The fourth-order valence-corrected chi connectivity index (χ4v) is 4.78. The lowest BCUT2D eigenvalue weighted by Gasteiger charge is -2.34. The maximum absolute atomic E-state index is 13.0. The highest BCUT2D eigenvalue weighted by molar-refractivity contribution is 5.95. The predicted molar refractivity (Wildman–Crippen MR) is 151 cm³/mol. The van der Waals surface area contributed by atoms with Crippen molar-refractivity contribution in [2.45, 2.75) is 26.6 Å². The number of carbonyl (C=O) groups is 1. The molecule has 1 aliphatic heterocycles. The number of hydrogen-bond acceptors (Lipinski definition) is 8. The smallest absolute Gasteiger partial charge is 0.251 e. The molecule has 0 saturated carbocycles. The van der Waals surface area contributed by atoms with E-state index in [1.807, 2.05) is 41.9 Å². The number of benzene rings is 2. The molecule has 1 amide bonds. The third-order valence-electron chi connectivity index (χ3n) is 7.22. The molecular weight excluding hydrogens is 490 g/mol. The molecule has 0 bridgehead atoms. The van der Waals surface area contributed by atoms with Crippen LogP contribution < -0.4 is 10.6 Å². The highest BCUT2D eigenvalue weighted by Crippen LogP contribution is 2.17. The van der Waals surface area contributed by atoms with Crippen LogP contribution in [0.25, 0.3) is 11.5 Å². The molecule has 1 saturated heterocycles. The molecule has 4 aromatic rings. The average Bonchev–Trinajstić information content (AvgIpc) is 3.36. The molecule has 0 radical (unpaired) electrons. The van der Waals surface area contributed by atoms with Crippen LogP contribution in [0.3, 0.4) is 0 Å². The minimum absolute atomic E-state index is 0.102. The van der Waals surface area contributed by atoms with E-state index >= 15 is 0 Å². The van der Waals surface area contributed by atoms with E-state index in [1.54, 1.807) is 12.3 Å². The van der Waals surface area contributed by atoms with Gasteiger partial charge in [0.15, 0.2) is 11.6 Å². The molecule has 0 aliphatic carbocycles. The van der Waals surface area contributed by atoms with Gasteiger partial charge in [0.05, 0.1) is 6.54 Å². The fourth-order valence-electron chi connectivity index (χ4n) is 4.78. The van der Waals surface area contributed by atoms with Crippen molar-refractivity contribution in [2.75, 3.05) is 38.0 Å². The van der Waals surface area contributed by atoms with Crippen molar-refractivity contribution >= 4 is 11.6 Å². The Morgan fingerprint density at radius 2 is 1.72 bits per heavy atom. The number of piperazine rings is 1. The van der Waals surface area contributed by atoms with Crippen LogP contribution in [0, 0.1) is 0 Å². The molecule has 2 N–H and O–H groups in total. The number of aromatic nitrogens is 5. The number of rotatable bonds is 10. The van der Waals surface area contributed by atoms with Gasteiger partial charge in [0.25, 0.3) is 5.91 Å². The first-order chi connectivity index (χ1) is 19.1. The van der Waals surface area contributed by atoms with Crippen LogP contribution >= 0.6 is 0 Å². The van der Waals surface area contributed by atoms with E-state index in [-0.39, 0.29) is 5.91 Å². The maximum Gasteiger partial charge on any atom is 0.251 e. The highest BCUT2D eigenvalue weighted by atomic mass is 16.1. The van der Waals surface area contributed by atoms with Gasteiger partial charge in [0.2, 0.25) is 0 Å². The van der Waals surface area contributed by atoms with Crippen molar-refractivity contribution in [3.05, 3.63) is 89.6 Å². The second-order valence-corrected chi connectivity index (χ2v) is 9.69. The van der Waals surface area contributed by atoms with Crippen LogP contribution in [0.4, 0.5) is 5.69 Å². The average molecular weight is 526 g/mol. The molecule has 2 aromatic heterocycles. The van der Waals surface area contributed by atoms with Crippen LogP contribution in [0.1, 0.15) is 34.2 Å². The molecule has 10 nitrogen and oxygen atoms in total. The van der Waals surface area contributed by atoms with Gasteiger partial charge in [-0.25, -0.2) is 9.97 Å². The van der Waals surface area contributed by atoms with Gasteiger partial charge in [-0.3, -0.25) is 9.69 Å². The molecule has 2 aromatic carbocycles. The molecule has 1 fully saturated rings. The summed E-state index contributed by atoms with van der Waals surface area (Å²) in [6.45, 7) is 9.55. The van der Waals surface area contributed by atoms with Crippen molar-refractivity contribution in [3.63, 3.8) is 0 Å². The molecule has 1 aliphatic rings. The summed E-state index contributed by atoms with van der Waals surface area (Å²) in [5, 5.41) is 15.0. The van der Waals surface area contributed by atoms with Crippen molar-refractivity contribution in [3.8, 4) is 11.5 Å². The van der Waals surface area contributed by atoms with Crippen LogP contribution in [0.5, 0.6) is 0 Å². The van der Waals surface area contributed by atoms with E-state index < -0.39 is 0 Å². The summed E-state index contributed by atoms with van der Waals surface area (Å²) in [5.41, 5.74) is 4.57. The molecule has 0 atom stereocenters. The van der Waals surface area contributed by atoms with Crippen LogP contribution in [0.2, 0.25) is 0 Å². The molecule has 0 spiro atoms. The molecule has 202 valence electrons. The molecule has 3 heterocycles. The zero-order valence-electron chi connectivity index (χ0n) is 22.5. The largest absolute Gasteiger partial charge is 0.378 e. The minimum Gasteiger partial charge on any atom is -0.378 e. The van der Waals surface area contributed by atoms with E-state index in [2.05, 4.69) is 65.7 Å². The first-order valence-corrected chi connectivity index (χ1v) is 13.4. The van der Waals surface area contributed by atoms with Crippen molar-refractivity contribution in [1.82, 2.24) is 39.8 Å². The number of anilines is 1. The zero-order valence-corrected chi connectivity index (χ0v) is 22.5. The molecule has 5 rings (SSSR count). The molecule has 10 heteroatoms. The summed E-state index contributed by atoms with van der Waals surface area (Å²) in [5.74, 6) is 1.33. The number of carbonyl (C=O) groups excluding carboxylic acids is 1. The normalized spacial score (nSPS) is 14.3. The monoisotopic (exact) mass is 525 g/mol. The van der Waals surface area contributed by atoms with Gasteiger partial charge >= 0.3 is 0 Å². The second-order valence-electron chi connectivity index (χ2n) is 9.69. The summed E-state index contributed by atoms with van der Waals surface area (Å²) < 4.78 is 1.90. The fraction of sp³-hybridized carbons (Fsp3) is 0.345. The minimum atomic E-state index is -0.102.